The maximum Gasteiger partial charge on any atom is 0.223 e. The number of hydrogen-bond acceptors (Lipinski definition) is 1. The summed E-state index contributed by atoms with van der Waals surface area (Å²) in [6.45, 7) is 0.644. The number of nitrogens with one attached hydrogen (secondary N) is 1. The van der Waals surface area contributed by atoms with Gasteiger partial charge < -0.3 is 9.88 Å². The largest absolute Gasteiger partial charge is 0.361 e. The summed E-state index contributed by atoms with van der Waals surface area (Å²) in [5.41, 5.74) is 5.38. The fraction of sp³-hybridized carbons (Fsp3) is 0.192. The van der Waals surface area contributed by atoms with Gasteiger partial charge in [0.1, 0.15) is 5.82 Å². The third-order valence-electron chi connectivity index (χ3n) is 6.05. The molecule has 1 N–H and O–H groups in total. The van der Waals surface area contributed by atoms with Crippen LogP contribution >= 0.6 is 0 Å². The number of nitrogens with zero attached hydrogens (tertiary/aromatic N) is 1. The molecule has 1 amide bonds. The number of benzene rings is 3. The Bertz CT molecular complexity index is 1210. The Balaban J connectivity index is 1.43. The zero-order valence-electron chi connectivity index (χ0n) is 16.6. The van der Waals surface area contributed by atoms with E-state index in [1.54, 1.807) is 12.1 Å². The van der Waals surface area contributed by atoms with Crippen LogP contribution in [0.1, 0.15) is 34.7 Å². The molecule has 1 aliphatic heterocycles. The first-order valence-electron chi connectivity index (χ1n) is 10.4. The van der Waals surface area contributed by atoms with E-state index in [2.05, 4.69) is 23.2 Å². The molecular formula is C26H23FN2O. The molecule has 4 heteroatoms. The van der Waals surface area contributed by atoms with E-state index in [1.807, 2.05) is 47.5 Å². The van der Waals surface area contributed by atoms with Crippen LogP contribution in [0, 0.1) is 5.82 Å². The Morgan fingerprint density at radius 3 is 2.77 bits per heavy atom. The SMILES string of the molecule is O=C(CCc1c[nH]c2ccccc12)N1CCc2ccccc2C1c1cccc(F)c1. The Labute approximate surface area is 175 Å². The number of fused-ring (bicyclic) bond motifs is 2. The molecule has 5 rings (SSSR count). The minimum atomic E-state index is -0.276. The van der Waals surface area contributed by atoms with Crippen molar-refractivity contribution in [3.05, 3.63) is 107 Å². The third-order valence-corrected chi connectivity index (χ3v) is 6.05. The smallest absolute Gasteiger partial charge is 0.223 e. The fourth-order valence-corrected chi connectivity index (χ4v) is 4.60. The number of hydrogen-bond donors (Lipinski definition) is 1. The predicted molar refractivity (Wildman–Crippen MR) is 117 cm³/mol. The maximum absolute atomic E-state index is 14.0. The maximum atomic E-state index is 14.0. The predicted octanol–water partition coefficient (Wildman–Crippen LogP) is 5.41. The lowest BCUT2D eigenvalue weighted by molar-refractivity contribution is -0.133. The molecule has 1 aromatic heterocycles. The van der Waals surface area contributed by atoms with E-state index in [0.717, 1.165) is 34.0 Å². The van der Waals surface area contributed by atoms with Gasteiger partial charge in [0.05, 0.1) is 6.04 Å². The summed E-state index contributed by atoms with van der Waals surface area (Å²) in [6, 6.07) is 22.7. The van der Waals surface area contributed by atoms with Gasteiger partial charge >= 0.3 is 0 Å². The van der Waals surface area contributed by atoms with E-state index in [9.17, 15) is 9.18 Å². The van der Waals surface area contributed by atoms with Crippen LogP contribution < -0.4 is 0 Å². The van der Waals surface area contributed by atoms with Gasteiger partial charge in [-0.1, -0.05) is 54.6 Å². The van der Waals surface area contributed by atoms with Crippen LogP contribution in [-0.4, -0.2) is 22.3 Å². The standard InChI is InChI=1S/C26H23FN2O/c27-21-8-5-7-19(16-21)26-23-10-2-1-6-18(23)14-15-29(26)25(30)13-12-20-17-28-24-11-4-3-9-22(20)24/h1-11,16-17,26,28H,12-15H2. The second-order valence-corrected chi connectivity index (χ2v) is 7.85. The van der Waals surface area contributed by atoms with Crippen molar-refractivity contribution in [3.63, 3.8) is 0 Å². The lowest BCUT2D eigenvalue weighted by Gasteiger charge is -2.38. The number of aromatic amines is 1. The van der Waals surface area contributed by atoms with Crippen LogP contribution in [0.15, 0.2) is 79.0 Å². The summed E-state index contributed by atoms with van der Waals surface area (Å²) >= 11 is 0. The minimum Gasteiger partial charge on any atom is -0.361 e. The van der Waals surface area contributed by atoms with Gasteiger partial charge in [-0.25, -0.2) is 4.39 Å². The Hall–Kier alpha value is -3.40. The molecule has 150 valence electrons. The number of para-hydroxylation sites is 1. The Kier molecular flexibility index (Phi) is 4.83. The number of carbonyl (C=O) groups excluding carboxylic acids is 1. The number of amides is 1. The number of aryl methyl sites for hydroxylation is 1. The van der Waals surface area contributed by atoms with Crippen LogP contribution in [-0.2, 0) is 17.6 Å². The van der Waals surface area contributed by atoms with E-state index in [4.69, 9.17) is 0 Å². The zero-order chi connectivity index (χ0) is 20.5. The van der Waals surface area contributed by atoms with Gasteiger partial charge in [0.15, 0.2) is 0 Å². The molecule has 0 fully saturated rings. The third kappa shape index (κ3) is 3.39. The monoisotopic (exact) mass is 398 g/mol. The summed E-state index contributed by atoms with van der Waals surface area (Å²) in [5, 5.41) is 1.16. The van der Waals surface area contributed by atoms with Crippen LogP contribution in [0.25, 0.3) is 10.9 Å². The molecule has 0 saturated heterocycles. The Morgan fingerprint density at radius 1 is 1.03 bits per heavy atom. The molecule has 0 saturated carbocycles. The van der Waals surface area contributed by atoms with Crippen LogP contribution in [0.3, 0.4) is 0 Å². The number of H-pyrrole nitrogens is 1. The molecule has 4 aromatic rings. The molecule has 1 unspecified atom stereocenters. The second kappa shape index (κ2) is 7.79. The second-order valence-electron chi connectivity index (χ2n) is 7.85. The summed E-state index contributed by atoms with van der Waals surface area (Å²) in [4.78, 5) is 18.5. The highest BCUT2D eigenvalue weighted by Crippen LogP contribution is 2.36. The molecule has 0 radical (unpaired) electrons. The van der Waals surface area contributed by atoms with Crippen LogP contribution in [0.4, 0.5) is 4.39 Å². The van der Waals surface area contributed by atoms with Crippen molar-refractivity contribution in [2.75, 3.05) is 6.54 Å². The summed E-state index contributed by atoms with van der Waals surface area (Å²) < 4.78 is 14.0. The molecule has 1 aliphatic rings. The molecule has 30 heavy (non-hydrogen) atoms. The summed E-state index contributed by atoms with van der Waals surface area (Å²) in [6.07, 6.45) is 3.92. The highest BCUT2D eigenvalue weighted by atomic mass is 19.1. The zero-order valence-corrected chi connectivity index (χ0v) is 16.6. The van der Waals surface area contributed by atoms with Crippen LogP contribution in [0.5, 0.6) is 0 Å². The van der Waals surface area contributed by atoms with Crippen molar-refractivity contribution in [1.29, 1.82) is 0 Å². The van der Waals surface area contributed by atoms with Gasteiger partial charge in [0.2, 0.25) is 5.91 Å². The number of halogens is 1. The van der Waals surface area contributed by atoms with Crippen molar-refractivity contribution in [3.8, 4) is 0 Å². The van der Waals surface area contributed by atoms with Gasteiger partial charge in [0, 0.05) is 30.1 Å². The average molecular weight is 398 g/mol. The van der Waals surface area contributed by atoms with Crippen molar-refractivity contribution in [1.82, 2.24) is 9.88 Å². The lowest BCUT2D eigenvalue weighted by atomic mass is 9.88. The van der Waals surface area contributed by atoms with Crippen molar-refractivity contribution in [2.45, 2.75) is 25.3 Å². The van der Waals surface area contributed by atoms with E-state index >= 15 is 0 Å². The molecule has 0 aliphatic carbocycles. The summed E-state index contributed by atoms with van der Waals surface area (Å²) in [5.74, 6) is -0.175. The first-order chi connectivity index (χ1) is 14.7. The first kappa shape index (κ1) is 18.6. The van der Waals surface area contributed by atoms with E-state index in [-0.39, 0.29) is 17.8 Å². The first-order valence-corrected chi connectivity index (χ1v) is 10.4. The summed E-state index contributed by atoms with van der Waals surface area (Å²) in [7, 11) is 0. The number of rotatable bonds is 4. The van der Waals surface area contributed by atoms with E-state index in [0.29, 0.717) is 19.4 Å². The van der Waals surface area contributed by atoms with Crippen LogP contribution in [0.2, 0.25) is 0 Å². The quantitative estimate of drug-likeness (QED) is 0.490. The molecule has 3 aromatic carbocycles. The highest BCUT2D eigenvalue weighted by Gasteiger charge is 2.31. The number of carbonyl (C=O) groups is 1. The average Bonchev–Trinajstić information content (AvgIpc) is 3.20. The van der Waals surface area contributed by atoms with Gasteiger partial charge in [-0.3, -0.25) is 4.79 Å². The lowest BCUT2D eigenvalue weighted by Crippen LogP contribution is -2.40. The number of aromatic nitrogens is 1. The van der Waals surface area contributed by atoms with Crippen molar-refractivity contribution >= 4 is 16.8 Å². The molecule has 0 bridgehead atoms. The highest BCUT2D eigenvalue weighted by molar-refractivity contribution is 5.84. The van der Waals surface area contributed by atoms with Crippen molar-refractivity contribution < 1.29 is 9.18 Å². The topological polar surface area (TPSA) is 36.1 Å². The minimum absolute atomic E-state index is 0.101. The molecule has 2 heterocycles. The van der Waals surface area contributed by atoms with E-state index in [1.165, 1.54) is 11.6 Å². The van der Waals surface area contributed by atoms with E-state index < -0.39 is 0 Å². The molecule has 1 atom stereocenters. The van der Waals surface area contributed by atoms with Gasteiger partial charge in [-0.15, -0.1) is 0 Å². The molecular weight excluding hydrogens is 375 g/mol. The molecule has 3 nitrogen and oxygen atoms in total. The van der Waals surface area contributed by atoms with Gasteiger partial charge in [-0.2, -0.15) is 0 Å². The van der Waals surface area contributed by atoms with Crippen molar-refractivity contribution in [2.24, 2.45) is 0 Å². The molecule has 0 spiro atoms. The Morgan fingerprint density at radius 2 is 1.87 bits per heavy atom. The fourth-order valence-electron chi connectivity index (χ4n) is 4.60. The van der Waals surface area contributed by atoms with Gasteiger partial charge in [0.25, 0.3) is 0 Å². The normalized spacial score (nSPS) is 15.9. The van der Waals surface area contributed by atoms with Gasteiger partial charge in [-0.05, 0) is 53.3 Å².